The Labute approximate surface area is 90.2 Å². The van der Waals surface area contributed by atoms with Crippen LogP contribution < -0.4 is 11.1 Å². The smallest absolute Gasteiger partial charge is 0.220 e. The molecule has 82 valence electrons. The van der Waals surface area contributed by atoms with Gasteiger partial charge in [0.05, 0.1) is 10.5 Å². The monoisotopic (exact) mass is 218 g/mol. The maximum atomic E-state index is 11.4. The lowest BCUT2D eigenvalue weighted by Gasteiger charge is -2.24. The van der Waals surface area contributed by atoms with Crippen LogP contribution in [0.5, 0.6) is 0 Å². The van der Waals surface area contributed by atoms with Crippen molar-refractivity contribution in [3.63, 3.8) is 0 Å². The molecule has 14 heavy (non-hydrogen) atoms. The molecule has 1 amide bonds. The van der Waals surface area contributed by atoms with Gasteiger partial charge in [0.15, 0.2) is 0 Å². The van der Waals surface area contributed by atoms with E-state index in [2.05, 4.69) is 5.32 Å². The van der Waals surface area contributed by atoms with Gasteiger partial charge in [-0.05, 0) is 20.3 Å². The summed E-state index contributed by atoms with van der Waals surface area (Å²) >= 11 is 4.82. The molecule has 0 atom stereocenters. The molecule has 0 aromatic carbocycles. The summed E-state index contributed by atoms with van der Waals surface area (Å²) in [6.07, 6.45) is 1.13. The SMILES string of the molecule is COCCCC(=O)NC(C)(C)C(N)=S. The number of carbonyl (C=O) groups excluding carboxylic acids is 1. The van der Waals surface area contributed by atoms with Gasteiger partial charge in [0, 0.05) is 20.1 Å². The summed E-state index contributed by atoms with van der Waals surface area (Å²) in [5.74, 6) is -0.0557. The maximum Gasteiger partial charge on any atom is 0.220 e. The first kappa shape index (κ1) is 13.3. The highest BCUT2D eigenvalue weighted by Crippen LogP contribution is 2.03. The Morgan fingerprint density at radius 1 is 1.57 bits per heavy atom. The molecule has 0 unspecified atom stereocenters. The number of ether oxygens (including phenoxy) is 1. The highest BCUT2D eigenvalue weighted by molar-refractivity contribution is 7.80. The zero-order chi connectivity index (χ0) is 11.2. The summed E-state index contributed by atoms with van der Waals surface area (Å²) in [6, 6.07) is 0. The number of nitrogens with one attached hydrogen (secondary N) is 1. The molecule has 0 heterocycles. The summed E-state index contributed by atoms with van der Waals surface area (Å²) in [5, 5.41) is 2.75. The quantitative estimate of drug-likeness (QED) is 0.506. The molecule has 0 saturated carbocycles. The Balaban J connectivity index is 3.88. The molecular formula is C9H18N2O2S. The predicted molar refractivity (Wildman–Crippen MR) is 60.1 cm³/mol. The van der Waals surface area contributed by atoms with Crippen LogP contribution in [0.1, 0.15) is 26.7 Å². The van der Waals surface area contributed by atoms with E-state index in [1.807, 2.05) is 0 Å². The Morgan fingerprint density at radius 3 is 2.57 bits per heavy atom. The van der Waals surface area contributed by atoms with Crippen molar-refractivity contribution in [3.8, 4) is 0 Å². The molecule has 0 saturated heterocycles. The Hall–Kier alpha value is -0.680. The minimum absolute atomic E-state index is 0.0557. The van der Waals surface area contributed by atoms with Crippen molar-refractivity contribution in [2.45, 2.75) is 32.2 Å². The van der Waals surface area contributed by atoms with Crippen LogP contribution in [0.25, 0.3) is 0 Å². The standard InChI is InChI=1S/C9H18N2O2S/c1-9(2,8(10)14)11-7(12)5-4-6-13-3/h4-6H2,1-3H3,(H2,10,14)(H,11,12). The molecule has 0 fully saturated rings. The van der Waals surface area contributed by atoms with Crippen molar-refractivity contribution in [1.29, 1.82) is 0 Å². The average Bonchev–Trinajstić information content (AvgIpc) is 2.03. The fraction of sp³-hybridized carbons (Fsp3) is 0.778. The number of thiocarbonyl (C=S) groups is 1. The van der Waals surface area contributed by atoms with E-state index >= 15 is 0 Å². The number of methoxy groups -OCH3 is 1. The van der Waals surface area contributed by atoms with Crippen LogP contribution >= 0.6 is 12.2 Å². The molecule has 0 aromatic heterocycles. The fourth-order valence-corrected chi connectivity index (χ4v) is 0.901. The molecule has 0 bridgehead atoms. The molecule has 4 nitrogen and oxygen atoms in total. The number of carbonyl (C=O) groups is 1. The van der Waals surface area contributed by atoms with E-state index in [1.54, 1.807) is 21.0 Å². The van der Waals surface area contributed by atoms with E-state index in [1.165, 1.54) is 0 Å². The second-order valence-electron chi connectivity index (χ2n) is 3.63. The van der Waals surface area contributed by atoms with Gasteiger partial charge in [0.2, 0.25) is 5.91 Å². The minimum Gasteiger partial charge on any atom is -0.391 e. The first-order valence-electron chi connectivity index (χ1n) is 4.50. The van der Waals surface area contributed by atoms with Gasteiger partial charge in [-0.15, -0.1) is 0 Å². The van der Waals surface area contributed by atoms with E-state index in [0.29, 0.717) is 19.4 Å². The van der Waals surface area contributed by atoms with Crippen LogP contribution in [0.3, 0.4) is 0 Å². The van der Waals surface area contributed by atoms with Gasteiger partial charge in [-0.1, -0.05) is 12.2 Å². The zero-order valence-corrected chi connectivity index (χ0v) is 9.74. The molecule has 0 aromatic rings. The van der Waals surface area contributed by atoms with Crippen molar-refractivity contribution in [2.24, 2.45) is 5.73 Å². The molecule has 0 radical (unpaired) electrons. The van der Waals surface area contributed by atoms with Gasteiger partial charge in [-0.3, -0.25) is 4.79 Å². The number of amides is 1. The summed E-state index contributed by atoms with van der Waals surface area (Å²) < 4.78 is 4.84. The first-order valence-corrected chi connectivity index (χ1v) is 4.91. The zero-order valence-electron chi connectivity index (χ0n) is 8.92. The van der Waals surface area contributed by atoms with Crippen LogP contribution in [0.15, 0.2) is 0 Å². The second kappa shape index (κ2) is 5.93. The highest BCUT2D eigenvalue weighted by Gasteiger charge is 2.22. The number of nitrogens with two attached hydrogens (primary N) is 1. The molecule has 0 aliphatic carbocycles. The summed E-state index contributed by atoms with van der Waals surface area (Å²) in [7, 11) is 1.61. The van der Waals surface area contributed by atoms with Crippen molar-refractivity contribution in [2.75, 3.05) is 13.7 Å². The number of hydrogen-bond acceptors (Lipinski definition) is 3. The van der Waals surface area contributed by atoms with Crippen molar-refractivity contribution in [1.82, 2.24) is 5.32 Å². The Kier molecular flexibility index (Phi) is 5.64. The van der Waals surface area contributed by atoms with E-state index in [0.717, 1.165) is 0 Å². The van der Waals surface area contributed by atoms with Crippen molar-refractivity contribution >= 4 is 23.1 Å². The van der Waals surface area contributed by atoms with E-state index in [9.17, 15) is 4.79 Å². The van der Waals surface area contributed by atoms with Gasteiger partial charge in [-0.25, -0.2) is 0 Å². The van der Waals surface area contributed by atoms with Gasteiger partial charge in [0.1, 0.15) is 0 Å². The van der Waals surface area contributed by atoms with Crippen LogP contribution in [-0.2, 0) is 9.53 Å². The van der Waals surface area contributed by atoms with Crippen molar-refractivity contribution in [3.05, 3.63) is 0 Å². The first-order chi connectivity index (χ1) is 6.40. The summed E-state index contributed by atoms with van der Waals surface area (Å²) in [5.41, 5.74) is 4.85. The Morgan fingerprint density at radius 2 is 2.14 bits per heavy atom. The largest absolute Gasteiger partial charge is 0.391 e. The predicted octanol–water partition coefficient (Wildman–Crippen LogP) is 0.594. The molecule has 0 spiro atoms. The Bertz CT molecular complexity index is 217. The molecule has 0 aliphatic heterocycles. The minimum atomic E-state index is -0.612. The molecule has 0 aliphatic rings. The van der Waals surface area contributed by atoms with E-state index < -0.39 is 5.54 Å². The van der Waals surface area contributed by atoms with Gasteiger partial charge in [0.25, 0.3) is 0 Å². The lowest BCUT2D eigenvalue weighted by atomic mass is 10.1. The maximum absolute atomic E-state index is 11.4. The second-order valence-corrected chi connectivity index (χ2v) is 4.07. The van der Waals surface area contributed by atoms with Crippen LogP contribution in [0.4, 0.5) is 0 Å². The molecule has 3 N–H and O–H groups in total. The summed E-state index contributed by atoms with van der Waals surface area (Å²) in [4.78, 5) is 11.6. The highest BCUT2D eigenvalue weighted by atomic mass is 32.1. The number of rotatable bonds is 6. The van der Waals surface area contributed by atoms with Gasteiger partial charge < -0.3 is 15.8 Å². The van der Waals surface area contributed by atoms with Gasteiger partial charge in [-0.2, -0.15) is 0 Å². The normalized spacial score (nSPS) is 11.1. The van der Waals surface area contributed by atoms with E-state index in [-0.39, 0.29) is 10.9 Å². The fourth-order valence-electron chi connectivity index (χ4n) is 0.850. The molecular weight excluding hydrogens is 200 g/mol. The third-order valence-electron chi connectivity index (χ3n) is 1.82. The van der Waals surface area contributed by atoms with Crippen LogP contribution in [0.2, 0.25) is 0 Å². The average molecular weight is 218 g/mol. The van der Waals surface area contributed by atoms with E-state index in [4.69, 9.17) is 22.7 Å². The van der Waals surface area contributed by atoms with Crippen molar-refractivity contribution < 1.29 is 9.53 Å². The lowest BCUT2D eigenvalue weighted by Crippen LogP contribution is -2.52. The molecule has 0 rings (SSSR count). The van der Waals surface area contributed by atoms with Crippen LogP contribution in [-0.4, -0.2) is 30.2 Å². The third-order valence-corrected chi connectivity index (χ3v) is 2.33. The lowest BCUT2D eigenvalue weighted by molar-refractivity contribution is -0.122. The third kappa shape index (κ3) is 5.14. The van der Waals surface area contributed by atoms with Gasteiger partial charge >= 0.3 is 0 Å². The molecule has 5 heteroatoms. The van der Waals surface area contributed by atoms with Crippen LogP contribution in [0, 0.1) is 0 Å². The number of hydrogen-bond donors (Lipinski definition) is 2. The summed E-state index contributed by atoms with van der Waals surface area (Å²) in [6.45, 7) is 4.15. The topological polar surface area (TPSA) is 64.3 Å².